The Kier molecular flexibility index (Phi) is 21.7. The first kappa shape index (κ1) is 35.7. The van der Waals surface area contributed by atoms with Gasteiger partial charge in [-0.1, -0.05) is 24.3 Å². The van der Waals surface area contributed by atoms with Gasteiger partial charge in [-0.15, -0.1) is 15.2 Å². The van der Waals surface area contributed by atoms with Gasteiger partial charge in [0.05, 0.1) is 10.6 Å². The zero-order valence-corrected chi connectivity index (χ0v) is 20.8. The molecule has 0 fully saturated rings. The molecule has 28 heavy (non-hydrogen) atoms. The van der Waals surface area contributed by atoms with Gasteiger partial charge in [0.25, 0.3) is 0 Å². The van der Waals surface area contributed by atoms with E-state index in [4.69, 9.17) is 15.0 Å². The van der Waals surface area contributed by atoms with Gasteiger partial charge < -0.3 is 19.3 Å². The Hall–Kier alpha value is 0.297. The van der Waals surface area contributed by atoms with Crippen molar-refractivity contribution in [2.24, 2.45) is 0 Å². The van der Waals surface area contributed by atoms with Crippen molar-refractivity contribution >= 4 is 36.8 Å². The van der Waals surface area contributed by atoms with Gasteiger partial charge in [0, 0.05) is 0 Å². The number of hydrogen-bond acceptors (Lipinski definition) is 11. The summed E-state index contributed by atoms with van der Waals surface area (Å²) in [7, 11) is -13.7. The van der Waals surface area contributed by atoms with Crippen LogP contribution in [0.4, 0.5) is 4.79 Å². The summed E-state index contributed by atoms with van der Waals surface area (Å²) in [6, 6.07) is 8.36. The molecular formula is C10H12AgKO13S3. The van der Waals surface area contributed by atoms with Crippen LogP contribution in [0, 0.1) is 0 Å². The zero-order chi connectivity index (χ0) is 21.0. The van der Waals surface area contributed by atoms with Crippen molar-refractivity contribution in [1.29, 1.82) is 0 Å². The summed E-state index contributed by atoms with van der Waals surface area (Å²) in [4.78, 5) is 8.91. The zero-order valence-electron chi connectivity index (χ0n) is 13.8. The van der Waals surface area contributed by atoms with Crippen LogP contribution in [0.15, 0.2) is 47.9 Å². The van der Waals surface area contributed by atoms with Crippen LogP contribution in [-0.4, -0.2) is 56.5 Å². The van der Waals surface area contributed by atoms with Crippen molar-refractivity contribution in [3.63, 3.8) is 0 Å². The van der Waals surface area contributed by atoms with Crippen LogP contribution in [0.1, 0.15) is 0 Å². The van der Waals surface area contributed by atoms with E-state index in [0.717, 1.165) is 0 Å². The second kappa shape index (κ2) is 17.0. The summed E-state index contributed by atoms with van der Waals surface area (Å²) >= 11 is 0. The molecule has 0 radical (unpaired) electrons. The fourth-order valence-electron chi connectivity index (χ4n) is 0.947. The van der Waals surface area contributed by atoms with Crippen molar-refractivity contribution in [1.82, 2.24) is 0 Å². The van der Waals surface area contributed by atoms with E-state index in [1.807, 2.05) is 0 Å². The third kappa shape index (κ3) is 26.3. The van der Waals surface area contributed by atoms with Crippen molar-refractivity contribution in [3.05, 3.63) is 43.0 Å². The third-order valence-electron chi connectivity index (χ3n) is 1.63. The Morgan fingerprint density at radius 2 is 1.29 bits per heavy atom. The number of hydrogen-bond donors (Lipinski definition) is 2. The average molecular weight is 583 g/mol. The van der Waals surface area contributed by atoms with Crippen LogP contribution >= 0.6 is 0 Å². The van der Waals surface area contributed by atoms with E-state index in [-0.39, 0.29) is 79.5 Å². The third-order valence-corrected chi connectivity index (χ3v) is 3.85. The second-order valence-corrected chi connectivity index (χ2v) is 7.56. The van der Waals surface area contributed by atoms with E-state index in [1.165, 1.54) is 6.08 Å². The first-order valence-corrected chi connectivity index (χ1v) is 10.0. The van der Waals surface area contributed by atoms with Gasteiger partial charge in [-0.25, -0.2) is 30.0 Å². The Morgan fingerprint density at radius 3 is 1.54 bits per heavy atom. The molecule has 18 heteroatoms. The van der Waals surface area contributed by atoms with E-state index in [0.29, 0.717) is 4.90 Å². The molecule has 0 spiro atoms. The minimum Gasteiger partial charge on any atom is -0.724 e. The van der Waals surface area contributed by atoms with Gasteiger partial charge in [0.1, 0.15) is 0 Å². The summed E-state index contributed by atoms with van der Waals surface area (Å²) in [5.74, 6) is -0.00296. The molecule has 1 rings (SSSR count). The van der Waals surface area contributed by atoms with E-state index < -0.39 is 36.8 Å². The van der Waals surface area contributed by atoms with Gasteiger partial charge in [0.15, 0.2) is 9.84 Å². The molecule has 0 atom stereocenters. The van der Waals surface area contributed by atoms with E-state index in [2.05, 4.69) is 15.2 Å². The SMILES string of the molecule is C=CCS(=O)(=O)c1ccccc1.O=C(O)O.O=S(=O)([O-])OOS(=O)(=O)[O-].[Ag+].[K+]. The molecule has 0 saturated heterocycles. The van der Waals surface area contributed by atoms with E-state index in [9.17, 15) is 34.4 Å². The Labute approximate surface area is 219 Å². The van der Waals surface area contributed by atoms with E-state index >= 15 is 0 Å². The molecule has 13 nitrogen and oxygen atoms in total. The molecule has 0 heterocycles. The molecule has 0 aliphatic rings. The number of benzene rings is 1. The van der Waals surface area contributed by atoms with Gasteiger partial charge in [0.2, 0.25) is 20.8 Å². The molecule has 160 valence electrons. The van der Waals surface area contributed by atoms with Gasteiger partial charge >= 0.3 is 79.9 Å². The van der Waals surface area contributed by atoms with Crippen molar-refractivity contribution in [3.8, 4) is 0 Å². The minimum atomic E-state index is -5.31. The first-order chi connectivity index (χ1) is 11.6. The maximum atomic E-state index is 11.4. The molecular weight excluding hydrogens is 571 g/mol. The van der Waals surface area contributed by atoms with Gasteiger partial charge in [-0.2, -0.15) is 0 Å². The Bertz CT molecular complexity index is 846. The fourth-order valence-corrected chi connectivity index (χ4v) is 2.57. The monoisotopic (exact) mass is 582 g/mol. The molecule has 0 amide bonds. The summed E-state index contributed by atoms with van der Waals surface area (Å²) < 4.78 is 84.2. The summed E-state index contributed by atoms with van der Waals surface area (Å²) in [5, 5.41) is 13.9. The van der Waals surface area contributed by atoms with Crippen LogP contribution in [0.5, 0.6) is 0 Å². The molecule has 0 aliphatic carbocycles. The minimum absolute atomic E-state index is 0. The Morgan fingerprint density at radius 1 is 0.964 bits per heavy atom. The molecule has 0 saturated carbocycles. The quantitative estimate of drug-likeness (QED) is 0.0838. The van der Waals surface area contributed by atoms with Crippen LogP contribution < -0.4 is 51.4 Å². The smallest absolute Gasteiger partial charge is 0.724 e. The number of carboxylic acid groups (broad SMARTS) is 2. The van der Waals surface area contributed by atoms with Crippen molar-refractivity contribution in [2.75, 3.05) is 5.75 Å². The predicted octanol–water partition coefficient (Wildman–Crippen LogP) is -3.27. The topological polar surface area (TPSA) is 225 Å². The summed E-state index contributed by atoms with van der Waals surface area (Å²) in [6.45, 7) is 3.39. The van der Waals surface area contributed by atoms with Crippen LogP contribution in [0.3, 0.4) is 0 Å². The molecule has 0 aromatic heterocycles. The molecule has 1 aromatic rings. The molecule has 2 N–H and O–H groups in total. The van der Waals surface area contributed by atoms with Gasteiger partial charge in [-0.3, -0.25) is 0 Å². The molecule has 0 bridgehead atoms. The maximum absolute atomic E-state index is 11.4. The maximum Gasteiger partial charge on any atom is 1.00 e. The number of carbonyl (C=O) groups is 1. The largest absolute Gasteiger partial charge is 1.00 e. The van der Waals surface area contributed by atoms with Crippen molar-refractivity contribution in [2.45, 2.75) is 4.90 Å². The van der Waals surface area contributed by atoms with Crippen LogP contribution in [-0.2, 0) is 61.7 Å². The molecule has 0 aliphatic heterocycles. The van der Waals surface area contributed by atoms with Crippen molar-refractivity contribution < 1.29 is 132 Å². The van der Waals surface area contributed by atoms with E-state index in [1.54, 1.807) is 30.3 Å². The number of sulfone groups is 1. The van der Waals surface area contributed by atoms with Crippen LogP contribution in [0.2, 0.25) is 0 Å². The van der Waals surface area contributed by atoms with Crippen LogP contribution in [0.25, 0.3) is 0 Å². The second-order valence-electron chi connectivity index (χ2n) is 3.62. The first-order valence-electron chi connectivity index (χ1n) is 5.70. The summed E-state index contributed by atoms with van der Waals surface area (Å²) in [5.41, 5.74) is 0. The summed E-state index contributed by atoms with van der Waals surface area (Å²) in [6.07, 6.45) is -0.442. The Balaban J connectivity index is -0.000000165. The molecule has 1 aromatic carbocycles. The average Bonchev–Trinajstić information content (AvgIpc) is 2.45. The molecule has 0 unspecified atom stereocenters. The standard InChI is InChI=1S/C9H10O2S.CH2O3.Ag.K.H2O8S2/c1-2-8-12(10,11)9-6-4-3-5-7-9;2-1(3)4;;;1-9(2,3)7-8-10(4,5)6/h2-7H,1,8H2;(H2,2,3,4);;;(H,1,2,3)(H,4,5,6)/q;;2*+1;/p-2. The normalized spacial score (nSPS) is 10.4. The fraction of sp³-hybridized carbons (Fsp3) is 0.100. The number of rotatable bonds is 6. The predicted molar refractivity (Wildman–Crippen MR) is 80.9 cm³/mol. The van der Waals surface area contributed by atoms with Gasteiger partial charge in [-0.05, 0) is 12.1 Å².